The number of fused-ring (bicyclic) bond motifs is 7. The first-order chi connectivity index (χ1) is 11.3. The standard InChI is InChI=1S/C22H34O2/c1-12(23)19-17-10-18(17)20-16-5-4-13-11-21(2,24)8-6-14(13)15(16)7-9-22(19,20)3/h13-20,24H,4-11H2,1-3H3/t13-,14+,15-,16-,17+,18-,19+,20-,21-,22-/m1/s1. The van der Waals surface area contributed by atoms with Crippen molar-refractivity contribution in [1.29, 1.82) is 0 Å². The molecule has 0 saturated heterocycles. The molecule has 0 bridgehead atoms. The topological polar surface area (TPSA) is 37.3 Å². The van der Waals surface area contributed by atoms with E-state index in [-0.39, 0.29) is 0 Å². The lowest BCUT2D eigenvalue weighted by Crippen LogP contribution is -2.52. The van der Waals surface area contributed by atoms with Gasteiger partial charge in [0.2, 0.25) is 0 Å². The van der Waals surface area contributed by atoms with E-state index in [0.29, 0.717) is 17.1 Å². The van der Waals surface area contributed by atoms with E-state index in [4.69, 9.17) is 0 Å². The van der Waals surface area contributed by atoms with Gasteiger partial charge in [0.15, 0.2) is 0 Å². The molecule has 0 aromatic carbocycles. The summed E-state index contributed by atoms with van der Waals surface area (Å²) in [6, 6.07) is 0. The highest BCUT2D eigenvalue weighted by atomic mass is 16.3. The number of carbonyl (C=O) groups excluding carboxylic acids is 1. The van der Waals surface area contributed by atoms with Crippen LogP contribution in [0.3, 0.4) is 0 Å². The van der Waals surface area contributed by atoms with Gasteiger partial charge in [-0.15, -0.1) is 0 Å². The second-order valence-electron chi connectivity index (χ2n) is 10.8. The Morgan fingerprint density at radius 3 is 2.42 bits per heavy atom. The van der Waals surface area contributed by atoms with Gasteiger partial charge in [0.05, 0.1) is 5.60 Å². The maximum Gasteiger partial charge on any atom is 0.133 e. The Labute approximate surface area is 146 Å². The van der Waals surface area contributed by atoms with E-state index in [1.54, 1.807) is 0 Å². The molecule has 0 aromatic rings. The summed E-state index contributed by atoms with van der Waals surface area (Å²) < 4.78 is 0. The largest absolute Gasteiger partial charge is 0.390 e. The Hall–Kier alpha value is -0.370. The Kier molecular flexibility index (Phi) is 3.22. The minimum Gasteiger partial charge on any atom is -0.390 e. The maximum absolute atomic E-state index is 12.4. The summed E-state index contributed by atoms with van der Waals surface area (Å²) in [4.78, 5) is 12.4. The SMILES string of the molecule is CC(=O)[C@H]1[C@H]2C[C@H]2[C@H]2[C@@H]3CC[C@@H]4C[C@](C)(O)CC[C@@H]4[C@H]3CC[C@@]21C. The van der Waals surface area contributed by atoms with Crippen LogP contribution < -0.4 is 0 Å². The third-order valence-electron chi connectivity index (χ3n) is 9.46. The quantitative estimate of drug-likeness (QED) is 0.771. The molecule has 5 aliphatic rings. The van der Waals surface area contributed by atoms with E-state index >= 15 is 0 Å². The van der Waals surface area contributed by atoms with Crippen LogP contribution >= 0.6 is 0 Å². The Morgan fingerprint density at radius 2 is 1.67 bits per heavy atom. The van der Waals surface area contributed by atoms with Gasteiger partial charge in [0.1, 0.15) is 5.78 Å². The molecule has 1 N–H and O–H groups in total. The molecule has 0 spiro atoms. The number of carbonyl (C=O) groups is 1. The Morgan fingerprint density at radius 1 is 0.917 bits per heavy atom. The predicted octanol–water partition coefficient (Wildman–Crippen LogP) is 4.45. The van der Waals surface area contributed by atoms with Gasteiger partial charge in [-0.25, -0.2) is 0 Å². The number of aliphatic hydroxyl groups is 1. The summed E-state index contributed by atoms with van der Waals surface area (Å²) in [6.45, 7) is 6.39. The molecule has 0 amide bonds. The van der Waals surface area contributed by atoms with Gasteiger partial charge in [-0.05, 0) is 112 Å². The summed E-state index contributed by atoms with van der Waals surface area (Å²) in [5.41, 5.74) is -0.0978. The van der Waals surface area contributed by atoms with Crippen LogP contribution in [-0.4, -0.2) is 16.5 Å². The summed E-state index contributed by atoms with van der Waals surface area (Å²) in [5.74, 6) is 6.70. The van der Waals surface area contributed by atoms with Gasteiger partial charge in [-0.1, -0.05) is 6.92 Å². The third-order valence-corrected chi connectivity index (χ3v) is 9.46. The van der Waals surface area contributed by atoms with Crippen molar-refractivity contribution < 1.29 is 9.90 Å². The lowest BCUT2D eigenvalue weighted by molar-refractivity contribution is -0.134. The van der Waals surface area contributed by atoms with Crippen LogP contribution in [0.1, 0.15) is 72.1 Å². The van der Waals surface area contributed by atoms with Crippen molar-refractivity contribution in [3.8, 4) is 0 Å². The molecule has 0 aliphatic heterocycles. The monoisotopic (exact) mass is 330 g/mol. The smallest absolute Gasteiger partial charge is 0.133 e. The summed E-state index contributed by atoms with van der Waals surface area (Å²) in [5, 5.41) is 10.5. The van der Waals surface area contributed by atoms with Crippen LogP contribution in [0.5, 0.6) is 0 Å². The van der Waals surface area contributed by atoms with Gasteiger partial charge >= 0.3 is 0 Å². The van der Waals surface area contributed by atoms with Crippen molar-refractivity contribution in [2.24, 2.45) is 52.8 Å². The molecular formula is C22H34O2. The fourth-order valence-electron chi connectivity index (χ4n) is 8.81. The average molecular weight is 331 g/mol. The molecular weight excluding hydrogens is 296 g/mol. The van der Waals surface area contributed by atoms with Crippen LogP contribution in [0.2, 0.25) is 0 Å². The zero-order valence-corrected chi connectivity index (χ0v) is 15.6. The van der Waals surface area contributed by atoms with Crippen LogP contribution in [-0.2, 0) is 4.79 Å². The molecule has 5 fully saturated rings. The third kappa shape index (κ3) is 2.01. The Bertz CT molecular complexity index is 566. The number of hydrogen-bond acceptors (Lipinski definition) is 2. The molecule has 5 saturated carbocycles. The van der Waals surface area contributed by atoms with E-state index in [9.17, 15) is 9.90 Å². The van der Waals surface area contributed by atoms with Crippen molar-refractivity contribution in [2.45, 2.75) is 77.7 Å². The molecule has 2 heteroatoms. The van der Waals surface area contributed by atoms with E-state index in [1.165, 1.54) is 38.5 Å². The first-order valence-electron chi connectivity index (χ1n) is 10.5. The highest BCUT2D eigenvalue weighted by Gasteiger charge is 2.70. The highest BCUT2D eigenvalue weighted by Crippen LogP contribution is 2.74. The van der Waals surface area contributed by atoms with Crippen LogP contribution in [0.15, 0.2) is 0 Å². The van der Waals surface area contributed by atoms with E-state index in [1.807, 2.05) is 6.92 Å². The van der Waals surface area contributed by atoms with Crippen LogP contribution in [0.25, 0.3) is 0 Å². The van der Waals surface area contributed by atoms with Crippen molar-refractivity contribution in [1.82, 2.24) is 0 Å². The van der Waals surface area contributed by atoms with Gasteiger partial charge in [0.25, 0.3) is 0 Å². The lowest BCUT2D eigenvalue weighted by Gasteiger charge is -2.57. The number of hydrogen-bond donors (Lipinski definition) is 1. The van der Waals surface area contributed by atoms with Gasteiger partial charge in [0, 0.05) is 5.92 Å². The average Bonchev–Trinajstić information content (AvgIpc) is 3.19. The first-order valence-corrected chi connectivity index (χ1v) is 10.5. The number of rotatable bonds is 1. The lowest BCUT2D eigenvalue weighted by atomic mass is 9.48. The van der Waals surface area contributed by atoms with Gasteiger partial charge in [-0.2, -0.15) is 0 Å². The molecule has 5 rings (SSSR count). The van der Waals surface area contributed by atoms with Crippen LogP contribution in [0.4, 0.5) is 0 Å². The summed E-state index contributed by atoms with van der Waals surface area (Å²) in [7, 11) is 0. The van der Waals surface area contributed by atoms with E-state index in [0.717, 1.165) is 54.3 Å². The van der Waals surface area contributed by atoms with Crippen molar-refractivity contribution in [3.05, 3.63) is 0 Å². The van der Waals surface area contributed by atoms with Crippen LogP contribution in [0, 0.1) is 52.8 Å². The maximum atomic E-state index is 12.4. The zero-order valence-electron chi connectivity index (χ0n) is 15.6. The minimum atomic E-state index is -0.411. The molecule has 2 nitrogen and oxygen atoms in total. The second kappa shape index (κ2) is 4.87. The predicted molar refractivity (Wildman–Crippen MR) is 94.3 cm³/mol. The van der Waals surface area contributed by atoms with Gasteiger partial charge in [-0.3, -0.25) is 4.79 Å². The molecule has 10 atom stereocenters. The Balaban J connectivity index is 1.43. The van der Waals surface area contributed by atoms with Gasteiger partial charge < -0.3 is 5.11 Å². The first kappa shape index (κ1) is 15.9. The fourth-order valence-corrected chi connectivity index (χ4v) is 8.81. The molecule has 0 unspecified atom stereocenters. The number of Topliss-reactive ketones (excluding diaryl/α,β-unsaturated/α-hetero) is 1. The summed E-state index contributed by atoms with van der Waals surface area (Å²) in [6.07, 6.45) is 9.96. The van der Waals surface area contributed by atoms with E-state index < -0.39 is 5.60 Å². The molecule has 5 aliphatic carbocycles. The zero-order chi connectivity index (χ0) is 16.9. The van der Waals surface area contributed by atoms with Crippen molar-refractivity contribution in [3.63, 3.8) is 0 Å². The fraction of sp³-hybridized carbons (Fsp3) is 0.955. The normalized spacial score (nSPS) is 61.3. The summed E-state index contributed by atoms with van der Waals surface area (Å²) >= 11 is 0. The molecule has 134 valence electrons. The molecule has 24 heavy (non-hydrogen) atoms. The molecule has 0 aromatic heterocycles. The van der Waals surface area contributed by atoms with Crippen molar-refractivity contribution >= 4 is 5.78 Å². The second-order valence-corrected chi connectivity index (χ2v) is 10.8. The molecule has 0 radical (unpaired) electrons. The van der Waals surface area contributed by atoms with E-state index in [2.05, 4.69) is 13.8 Å². The number of ketones is 1. The van der Waals surface area contributed by atoms with Crippen molar-refractivity contribution in [2.75, 3.05) is 0 Å². The minimum absolute atomic E-state index is 0.313. The molecule has 0 heterocycles. The highest BCUT2D eigenvalue weighted by molar-refractivity contribution is 5.80.